The second-order valence-corrected chi connectivity index (χ2v) is 4.95. The molecule has 0 radical (unpaired) electrons. The fraction of sp³-hybridized carbons (Fsp3) is 0.188. The molecule has 0 fully saturated rings. The Morgan fingerprint density at radius 1 is 1.26 bits per heavy atom. The standard InChI is InChI=1S/C16H14N2O5/c19-16(23-11-12-4-2-1-3-5-12)17-8-9-22-15-10-13(18(20)21)6-7-14(15)17/h1-7,10H,8-9,11H2. The van der Waals surface area contributed by atoms with E-state index >= 15 is 0 Å². The van der Waals surface area contributed by atoms with Crippen LogP contribution >= 0.6 is 0 Å². The number of hydrogen-bond donors (Lipinski definition) is 0. The highest BCUT2D eigenvalue weighted by molar-refractivity contribution is 5.90. The van der Waals surface area contributed by atoms with Crippen LogP contribution in [0.5, 0.6) is 5.75 Å². The molecule has 1 amide bonds. The highest BCUT2D eigenvalue weighted by atomic mass is 16.6. The molecule has 1 aliphatic rings. The number of rotatable bonds is 3. The van der Waals surface area contributed by atoms with E-state index in [0.29, 0.717) is 18.0 Å². The van der Waals surface area contributed by atoms with Gasteiger partial charge in [0, 0.05) is 6.07 Å². The van der Waals surface area contributed by atoms with Crippen LogP contribution in [0.3, 0.4) is 0 Å². The molecule has 0 saturated carbocycles. The first-order valence-corrected chi connectivity index (χ1v) is 7.04. The fourth-order valence-corrected chi connectivity index (χ4v) is 2.31. The third kappa shape index (κ3) is 3.23. The van der Waals surface area contributed by atoms with Crippen molar-refractivity contribution in [1.29, 1.82) is 0 Å². The van der Waals surface area contributed by atoms with Gasteiger partial charge in [-0.2, -0.15) is 0 Å². The number of carbonyl (C=O) groups is 1. The number of carbonyl (C=O) groups excluding carboxylic acids is 1. The van der Waals surface area contributed by atoms with Crippen LogP contribution < -0.4 is 9.64 Å². The van der Waals surface area contributed by atoms with Gasteiger partial charge in [-0.3, -0.25) is 15.0 Å². The normalized spacial score (nSPS) is 13.0. The van der Waals surface area contributed by atoms with Crippen molar-refractivity contribution in [2.45, 2.75) is 6.61 Å². The molecule has 3 rings (SSSR count). The van der Waals surface area contributed by atoms with Crippen LogP contribution in [0.15, 0.2) is 48.5 Å². The topological polar surface area (TPSA) is 81.9 Å². The number of hydrogen-bond acceptors (Lipinski definition) is 5. The summed E-state index contributed by atoms with van der Waals surface area (Å²) >= 11 is 0. The molecule has 0 aromatic heterocycles. The molecular weight excluding hydrogens is 300 g/mol. The van der Waals surface area contributed by atoms with Gasteiger partial charge in [-0.05, 0) is 11.6 Å². The monoisotopic (exact) mass is 314 g/mol. The van der Waals surface area contributed by atoms with E-state index in [9.17, 15) is 14.9 Å². The van der Waals surface area contributed by atoms with Crippen molar-refractivity contribution in [3.05, 3.63) is 64.2 Å². The smallest absolute Gasteiger partial charge is 0.414 e. The van der Waals surface area contributed by atoms with E-state index in [-0.39, 0.29) is 18.9 Å². The van der Waals surface area contributed by atoms with E-state index in [0.717, 1.165) is 5.56 Å². The number of benzene rings is 2. The van der Waals surface area contributed by atoms with Crippen LogP contribution in [0.4, 0.5) is 16.2 Å². The molecule has 0 spiro atoms. The van der Waals surface area contributed by atoms with Crippen molar-refractivity contribution in [2.75, 3.05) is 18.1 Å². The molecule has 1 aliphatic heterocycles. The first-order valence-electron chi connectivity index (χ1n) is 7.04. The summed E-state index contributed by atoms with van der Waals surface area (Å²) < 4.78 is 10.7. The predicted octanol–water partition coefficient (Wildman–Crippen LogP) is 3.13. The predicted molar refractivity (Wildman–Crippen MR) is 82.6 cm³/mol. The van der Waals surface area contributed by atoms with Gasteiger partial charge in [0.1, 0.15) is 19.0 Å². The molecule has 23 heavy (non-hydrogen) atoms. The largest absolute Gasteiger partial charge is 0.489 e. The van der Waals surface area contributed by atoms with Gasteiger partial charge >= 0.3 is 6.09 Å². The van der Waals surface area contributed by atoms with Crippen molar-refractivity contribution in [3.8, 4) is 5.75 Å². The van der Waals surface area contributed by atoms with Crippen LogP contribution in [0.25, 0.3) is 0 Å². The summed E-state index contributed by atoms with van der Waals surface area (Å²) in [6, 6.07) is 13.5. The maximum Gasteiger partial charge on any atom is 0.414 e. The van der Waals surface area contributed by atoms with Gasteiger partial charge in [-0.1, -0.05) is 30.3 Å². The number of anilines is 1. The van der Waals surface area contributed by atoms with E-state index < -0.39 is 11.0 Å². The molecular formula is C16H14N2O5. The Kier molecular flexibility index (Phi) is 4.09. The van der Waals surface area contributed by atoms with Crippen molar-refractivity contribution >= 4 is 17.5 Å². The number of nitro groups is 1. The van der Waals surface area contributed by atoms with Gasteiger partial charge in [-0.15, -0.1) is 0 Å². The van der Waals surface area contributed by atoms with Crippen LogP contribution in [-0.2, 0) is 11.3 Å². The molecule has 0 atom stereocenters. The molecule has 0 N–H and O–H groups in total. The quantitative estimate of drug-likeness (QED) is 0.642. The lowest BCUT2D eigenvalue weighted by atomic mass is 10.2. The molecule has 7 heteroatoms. The molecule has 7 nitrogen and oxygen atoms in total. The fourth-order valence-electron chi connectivity index (χ4n) is 2.31. The molecule has 118 valence electrons. The van der Waals surface area contributed by atoms with Gasteiger partial charge in [-0.25, -0.2) is 4.79 Å². The number of nitro benzene ring substituents is 1. The molecule has 0 saturated heterocycles. The zero-order valence-corrected chi connectivity index (χ0v) is 12.2. The van der Waals surface area contributed by atoms with Gasteiger partial charge in [0.15, 0.2) is 0 Å². The zero-order chi connectivity index (χ0) is 16.2. The maximum atomic E-state index is 12.3. The molecule has 0 unspecified atom stereocenters. The second kappa shape index (κ2) is 6.35. The van der Waals surface area contributed by atoms with E-state index in [1.807, 2.05) is 30.3 Å². The summed E-state index contributed by atoms with van der Waals surface area (Å²) in [5.74, 6) is 0.308. The Morgan fingerprint density at radius 2 is 2.04 bits per heavy atom. The van der Waals surface area contributed by atoms with Gasteiger partial charge < -0.3 is 9.47 Å². The lowest BCUT2D eigenvalue weighted by Crippen LogP contribution is -2.38. The first-order chi connectivity index (χ1) is 11.1. The molecule has 1 heterocycles. The average Bonchev–Trinajstić information content (AvgIpc) is 2.59. The highest BCUT2D eigenvalue weighted by Crippen LogP contribution is 2.35. The molecule has 2 aromatic carbocycles. The lowest BCUT2D eigenvalue weighted by molar-refractivity contribution is -0.384. The first kappa shape index (κ1) is 14.8. The summed E-state index contributed by atoms with van der Waals surface area (Å²) in [5.41, 5.74) is 1.28. The van der Waals surface area contributed by atoms with E-state index in [1.54, 1.807) is 0 Å². The van der Waals surface area contributed by atoms with Crippen molar-refractivity contribution in [1.82, 2.24) is 0 Å². The SMILES string of the molecule is O=C(OCc1ccccc1)N1CCOc2cc([N+](=O)[O-])ccc21. The Balaban J connectivity index is 1.74. The van der Waals surface area contributed by atoms with Crippen LogP contribution in [0.1, 0.15) is 5.56 Å². The minimum atomic E-state index is -0.507. The number of ether oxygens (including phenoxy) is 2. The third-order valence-corrected chi connectivity index (χ3v) is 3.44. The molecule has 0 bridgehead atoms. The third-order valence-electron chi connectivity index (χ3n) is 3.44. The van der Waals surface area contributed by atoms with Crippen molar-refractivity contribution in [3.63, 3.8) is 0 Å². The van der Waals surface area contributed by atoms with Crippen LogP contribution in [0.2, 0.25) is 0 Å². The van der Waals surface area contributed by atoms with Gasteiger partial charge in [0.05, 0.1) is 23.2 Å². The average molecular weight is 314 g/mol. The Bertz CT molecular complexity index is 733. The summed E-state index contributed by atoms with van der Waals surface area (Å²) in [4.78, 5) is 24.0. The van der Waals surface area contributed by atoms with E-state index in [1.165, 1.54) is 23.1 Å². The van der Waals surface area contributed by atoms with Crippen LogP contribution in [0, 0.1) is 10.1 Å². The number of non-ortho nitro benzene ring substituents is 1. The summed E-state index contributed by atoms with van der Waals surface area (Å²) in [6.45, 7) is 0.756. The number of amides is 1. The second-order valence-electron chi connectivity index (χ2n) is 4.95. The lowest BCUT2D eigenvalue weighted by Gasteiger charge is -2.28. The Hall–Kier alpha value is -3.09. The van der Waals surface area contributed by atoms with Crippen LogP contribution in [-0.4, -0.2) is 24.2 Å². The van der Waals surface area contributed by atoms with E-state index in [4.69, 9.17) is 9.47 Å². The number of nitrogens with zero attached hydrogens (tertiary/aromatic N) is 2. The van der Waals surface area contributed by atoms with Gasteiger partial charge in [0.25, 0.3) is 5.69 Å². The minimum absolute atomic E-state index is 0.0803. The Labute approximate surface area is 132 Å². The number of fused-ring (bicyclic) bond motifs is 1. The molecule has 0 aliphatic carbocycles. The molecule has 2 aromatic rings. The summed E-state index contributed by atoms with van der Waals surface area (Å²) in [7, 11) is 0. The van der Waals surface area contributed by atoms with E-state index in [2.05, 4.69) is 0 Å². The summed E-state index contributed by atoms with van der Waals surface area (Å²) in [5, 5.41) is 10.8. The van der Waals surface area contributed by atoms with Crippen molar-refractivity contribution < 1.29 is 19.2 Å². The summed E-state index contributed by atoms with van der Waals surface area (Å²) in [6.07, 6.45) is -0.507. The minimum Gasteiger partial charge on any atom is -0.489 e. The Morgan fingerprint density at radius 3 is 2.78 bits per heavy atom. The highest BCUT2D eigenvalue weighted by Gasteiger charge is 2.26. The maximum absolute atomic E-state index is 12.3. The van der Waals surface area contributed by atoms with Crippen molar-refractivity contribution in [2.24, 2.45) is 0 Å². The van der Waals surface area contributed by atoms with Gasteiger partial charge in [0.2, 0.25) is 0 Å². The zero-order valence-electron chi connectivity index (χ0n) is 12.2.